The van der Waals surface area contributed by atoms with Crippen LogP contribution in [0.2, 0.25) is 0 Å². The van der Waals surface area contributed by atoms with Crippen LogP contribution in [0.5, 0.6) is 0 Å². The molecular weight excluding hydrogens is 326 g/mol. The van der Waals surface area contributed by atoms with Gasteiger partial charge in [-0.3, -0.25) is 14.6 Å². The van der Waals surface area contributed by atoms with Gasteiger partial charge in [0.05, 0.1) is 0 Å². The number of nitrogens with zero attached hydrogens (tertiary/aromatic N) is 2. The van der Waals surface area contributed by atoms with Crippen molar-refractivity contribution in [1.29, 1.82) is 0 Å². The smallest absolute Gasteiger partial charge is 0.233 e. The zero-order chi connectivity index (χ0) is 19.2. The molecule has 0 unspecified atom stereocenters. The van der Waals surface area contributed by atoms with Crippen LogP contribution >= 0.6 is 0 Å². The van der Waals surface area contributed by atoms with Crippen LogP contribution in [0.15, 0.2) is 48.8 Å². The minimum atomic E-state index is -0.297. The number of carbonyl (C=O) groups is 2. The van der Waals surface area contributed by atoms with Crippen LogP contribution in [0.25, 0.3) is 0 Å². The van der Waals surface area contributed by atoms with Crippen molar-refractivity contribution in [3.63, 3.8) is 0 Å². The molecule has 2 aromatic rings. The monoisotopic (exact) mass is 353 g/mol. The third kappa shape index (κ3) is 5.99. The fourth-order valence-electron chi connectivity index (χ4n) is 2.50. The van der Waals surface area contributed by atoms with E-state index in [9.17, 15) is 9.59 Å². The Kier molecular flexibility index (Phi) is 6.50. The van der Waals surface area contributed by atoms with Crippen LogP contribution in [-0.2, 0) is 21.4 Å². The SMILES string of the molecule is CN(CCc1ccncc1)C(=O)CC(=O)Nc1ccc(C(C)(C)C)cc1. The minimum Gasteiger partial charge on any atom is -0.345 e. The van der Waals surface area contributed by atoms with E-state index < -0.39 is 0 Å². The summed E-state index contributed by atoms with van der Waals surface area (Å²) in [5.74, 6) is -0.489. The number of amides is 2. The highest BCUT2D eigenvalue weighted by Crippen LogP contribution is 2.23. The van der Waals surface area contributed by atoms with Crippen LogP contribution in [0.3, 0.4) is 0 Å². The fraction of sp³-hybridized carbons (Fsp3) is 0.381. The number of hydrogen-bond donors (Lipinski definition) is 1. The first-order chi connectivity index (χ1) is 12.3. The van der Waals surface area contributed by atoms with Gasteiger partial charge in [0.1, 0.15) is 6.42 Å². The van der Waals surface area contributed by atoms with E-state index in [0.29, 0.717) is 12.2 Å². The van der Waals surface area contributed by atoms with Crippen LogP contribution in [0, 0.1) is 0 Å². The zero-order valence-electron chi connectivity index (χ0n) is 16.0. The molecule has 1 aromatic heterocycles. The summed E-state index contributed by atoms with van der Waals surface area (Å²) < 4.78 is 0. The Labute approximate surface area is 155 Å². The van der Waals surface area contributed by atoms with Crippen molar-refractivity contribution in [2.75, 3.05) is 18.9 Å². The highest BCUT2D eigenvalue weighted by atomic mass is 16.2. The summed E-state index contributed by atoms with van der Waals surface area (Å²) in [5, 5.41) is 2.79. The normalized spacial score (nSPS) is 11.1. The molecule has 0 fully saturated rings. The van der Waals surface area contributed by atoms with Crippen molar-refractivity contribution in [3.8, 4) is 0 Å². The van der Waals surface area contributed by atoms with Crippen LogP contribution in [0.1, 0.15) is 38.3 Å². The predicted octanol–water partition coefficient (Wildman–Crippen LogP) is 3.41. The molecule has 2 rings (SSSR count). The van der Waals surface area contributed by atoms with Gasteiger partial charge in [0.15, 0.2) is 0 Å². The van der Waals surface area contributed by atoms with Gasteiger partial charge in [-0.25, -0.2) is 0 Å². The van der Waals surface area contributed by atoms with Gasteiger partial charge in [-0.15, -0.1) is 0 Å². The van der Waals surface area contributed by atoms with Gasteiger partial charge in [-0.2, -0.15) is 0 Å². The topological polar surface area (TPSA) is 62.3 Å². The van der Waals surface area contributed by atoms with Gasteiger partial charge in [-0.1, -0.05) is 32.9 Å². The molecule has 0 radical (unpaired) electrons. The molecular formula is C21H27N3O2. The maximum absolute atomic E-state index is 12.2. The van der Waals surface area contributed by atoms with E-state index in [1.165, 1.54) is 5.56 Å². The third-order valence-corrected chi connectivity index (χ3v) is 4.26. The molecule has 5 heteroatoms. The molecule has 1 aromatic carbocycles. The molecule has 0 atom stereocenters. The Bertz CT molecular complexity index is 734. The lowest BCUT2D eigenvalue weighted by Crippen LogP contribution is -2.32. The Hall–Kier alpha value is -2.69. The van der Waals surface area contributed by atoms with Crippen molar-refractivity contribution in [2.24, 2.45) is 0 Å². The summed E-state index contributed by atoms with van der Waals surface area (Å²) in [7, 11) is 1.72. The summed E-state index contributed by atoms with van der Waals surface area (Å²) in [6.07, 6.45) is 4.04. The molecule has 0 aliphatic heterocycles. The number of benzene rings is 1. The molecule has 26 heavy (non-hydrogen) atoms. The maximum atomic E-state index is 12.2. The lowest BCUT2D eigenvalue weighted by Gasteiger charge is -2.19. The Morgan fingerprint density at radius 2 is 1.65 bits per heavy atom. The number of nitrogens with one attached hydrogen (secondary N) is 1. The molecule has 0 spiro atoms. The highest BCUT2D eigenvalue weighted by Gasteiger charge is 2.15. The van der Waals surface area contributed by atoms with Gasteiger partial charge in [0, 0.05) is 31.7 Å². The summed E-state index contributed by atoms with van der Waals surface area (Å²) in [6, 6.07) is 11.6. The van der Waals surface area contributed by atoms with E-state index in [1.807, 2.05) is 36.4 Å². The van der Waals surface area contributed by atoms with E-state index in [4.69, 9.17) is 0 Å². The first kappa shape index (κ1) is 19.6. The van der Waals surface area contributed by atoms with E-state index in [1.54, 1.807) is 24.3 Å². The first-order valence-electron chi connectivity index (χ1n) is 8.79. The summed E-state index contributed by atoms with van der Waals surface area (Å²) in [5.41, 5.74) is 3.08. The predicted molar refractivity (Wildman–Crippen MR) is 104 cm³/mol. The van der Waals surface area contributed by atoms with Crippen molar-refractivity contribution < 1.29 is 9.59 Å². The molecule has 1 heterocycles. The highest BCUT2D eigenvalue weighted by molar-refractivity contribution is 6.03. The third-order valence-electron chi connectivity index (χ3n) is 4.26. The van der Waals surface area contributed by atoms with Crippen molar-refractivity contribution in [2.45, 2.75) is 39.0 Å². The Morgan fingerprint density at radius 1 is 1.04 bits per heavy atom. The number of carbonyl (C=O) groups excluding carboxylic acids is 2. The van der Waals surface area contributed by atoms with Crippen LogP contribution < -0.4 is 5.32 Å². The molecule has 0 saturated carbocycles. The number of rotatable bonds is 6. The van der Waals surface area contributed by atoms with Crippen LogP contribution in [-0.4, -0.2) is 35.3 Å². The van der Waals surface area contributed by atoms with Crippen molar-refractivity contribution >= 4 is 17.5 Å². The number of hydrogen-bond acceptors (Lipinski definition) is 3. The standard InChI is InChI=1S/C21H27N3O2/c1-21(2,3)17-5-7-18(8-6-17)23-19(25)15-20(26)24(4)14-11-16-9-12-22-13-10-16/h5-10,12-13H,11,14-15H2,1-4H3,(H,23,25). The summed E-state index contributed by atoms with van der Waals surface area (Å²) >= 11 is 0. The van der Waals surface area contributed by atoms with E-state index >= 15 is 0 Å². The number of likely N-dealkylation sites (N-methyl/N-ethyl adjacent to an activating group) is 1. The molecule has 2 amide bonds. The molecule has 0 aliphatic carbocycles. The fourth-order valence-corrected chi connectivity index (χ4v) is 2.50. The van der Waals surface area contributed by atoms with E-state index in [2.05, 4.69) is 31.1 Å². The lowest BCUT2D eigenvalue weighted by molar-refractivity contribution is -0.133. The van der Waals surface area contributed by atoms with Crippen molar-refractivity contribution in [1.82, 2.24) is 9.88 Å². The second-order valence-corrected chi connectivity index (χ2v) is 7.47. The Balaban J connectivity index is 1.81. The molecule has 138 valence electrons. The van der Waals surface area contributed by atoms with Gasteiger partial charge < -0.3 is 10.2 Å². The number of pyridine rings is 1. The molecule has 0 aliphatic rings. The molecule has 5 nitrogen and oxygen atoms in total. The second kappa shape index (κ2) is 8.61. The lowest BCUT2D eigenvalue weighted by atomic mass is 9.87. The zero-order valence-corrected chi connectivity index (χ0v) is 16.0. The van der Waals surface area contributed by atoms with E-state index in [-0.39, 0.29) is 23.7 Å². The second-order valence-electron chi connectivity index (χ2n) is 7.47. The maximum Gasteiger partial charge on any atom is 0.233 e. The first-order valence-corrected chi connectivity index (χ1v) is 8.79. The van der Waals surface area contributed by atoms with Crippen molar-refractivity contribution in [3.05, 3.63) is 59.9 Å². The molecule has 1 N–H and O–H groups in total. The quantitative estimate of drug-likeness (QED) is 0.810. The average Bonchev–Trinajstić information content (AvgIpc) is 2.60. The van der Waals surface area contributed by atoms with Gasteiger partial charge >= 0.3 is 0 Å². The average molecular weight is 353 g/mol. The molecule has 0 saturated heterocycles. The summed E-state index contributed by atoms with van der Waals surface area (Å²) in [6.45, 7) is 6.99. The largest absolute Gasteiger partial charge is 0.345 e. The van der Waals surface area contributed by atoms with Gasteiger partial charge in [0.25, 0.3) is 0 Å². The van der Waals surface area contributed by atoms with Gasteiger partial charge in [-0.05, 0) is 47.2 Å². The number of aromatic nitrogens is 1. The Morgan fingerprint density at radius 3 is 2.23 bits per heavy atom. The molecule has 0 bridgehead atoms. The minimum absolute atomic E-state index is 0.0655. The van der Waals surface area contributed by atoms with Crippen LogP contribution in [0.4, 0.5) is 5.69 Å². The summed E-state index contributed by atoms with van der Waals surface area (Å²) in [4.78, 5) is 29.9. The van der Waals surface area contributed by atoms with Gasteiger partial charge in [0.2, 0.25) is 11.8 Å². The number of anilines is 1. The van der Waals surface area contributed by atoms with E-state index in [0.717, 1.165) is 12.0 Å².